The molecule has 0 radical (unpaired) electrons. The minimum atomic E-state index is -1.10. The van der Waals surface area contributed by atoms with Crippen LogP contribution in [0.5, 0.6) is 0 Å². The molecule has 0 aliphatic rings. The average Bonchev–Trinajstić information content (AvgIpc) is 2.37. The SMILES string of the molecule is COC(=O)/C=C\CCCc1cc(F)c(C=O)c(F)n1. The Hall–Kier alpha value is -2.11. The number of hydrogen-bond donors (Lipinski definition) is 0. The number of aryl methyl sites for hydroxylation is 1. The molecule has 1 aromatic heterocycles. The molecule has 0 saturated heterocycles. The number of carbonyl (C=O) groups excluding carboxylic acids is 2. The molecule has 0 spiro atoms. The van der Waals surface area contributed by atoms with Crippen molar-refractivity contribution in [3.8, 4) is 0 Å². The number of pyridine rings is 1. The van der Waals surface area contributed by atoms with Gasteiger partial charge in [0.15, 0.2) is 6.29 Å². The van der Waals surface area contributed by atoms with Gasteiger partial charge in [-0.3, -0.25) is 4.79 Å². The lowest BCUT2D eigenvalue weighted by atomic mass is 10.1. The Labute approximate surface area is 109 Å². The summed E-state index contributed by atoms with van der Waals surface area (Å²) in [5.74, 6) is -2.47. The van der Waals surface area contributed by atoms with E-state index in [4.69, 9.17) is 0 Å². The van der Waals surface area contributed by atoms with Gasteiger partial charge in [0, 0.05) is 11.8 Å². The minimum absolute atomic E-state index is 0.0978. The second kappa shape index (κ2) is 7.35. The molecular weight excluding hydrogens is 256 g/mol. The fraction of sp³-hybridized carbons (Fsp3) is 0.308. The summed E-state index contributed by atoms with van der Waals surface area (Å²) in [5, 5.41) is 0. The molecule has 19 heavy (non-hydrogen) atoms. The van der Waals surface area contributed by atoms with Crippen molar-refractivity contribution in [1.29, 1.82) is 0 Å². The van der Waals surface area contributed by atoms with Crippen molar-refractivity contribution in [2.45, 2.75) is 19.3 Å². The highest BCUT2D eigenvalue weighted by Crippen LogP contribution is 2.12. The van der Waals surface area contributed by atoms with Gasteiger partial charge in [0.1, 0.15) is 11.4 Å². The molecule has 0 saturated carbocycles. The van der Waals surface area contributed by atoms with Crippen LogP contribution in [0.3, 0.4) is 0 Å². The smallest absolute Gasteiger partial charge is 0.330 e. The number of allylic oxidation sites excluding steroid dienone is 1. The fourth-order valence-electron chi connectivity index (χ4n) is 1.42. The monoisotopic (exact) mass is 269 g/mol. The number of methoxy groups -OCH3 is 1. The van der Waals surface area contributed by atoms with Crippen LogP contribution in [0, 0.1) is 11.8 Å². The van der Waals surface area contributed by atoms with E-state index >= 15 is 0 Å². The van der Waals surface area contributed by atoms with E-state index in [9.17, 15) is 18.4 Å². The van der Waals surface area contributed by atoms with Crippen LogP contribution in [0.15, 0.2) is 18.2 Å². The molecular formula is C13H13F2NO3. The topological polar surface area (TPSA) is 56.3 Å². The van der Waals surface area contributed by atoms with Gasteiger partial charge in [0.2, 0.25) is 5.95 Å². The van der Waals surface area contributed by atoms with Crippen molar-refractivity contribution in [2.75, 3.05) is 7.11 Å². The molecule has 0 unspecified atom stereocenters. The predicted molar refractivity (Wildman–Crippen MR) is 63.6 cm³/mol. The molecule has 0 N–H and O–H groups in total. The number of aldehydes is 1. The molecule has 0 aliphatic carbocycles. The zero-order chi connectivity index (χ0) is 14.3. The first-order chi connectivity index (χ1) is 9.08. The van der Waals surface area contributed by atoms with Crippen molar-refractivity contribution in [3.63, 3.8) is 0 Å². The number of unbranched alkanes of at least 4 members (excludes halogenated alkanes) is 1. The number of hydrogen-bond acceptors (Lipinski definition) is 4. The highest BCUT2D eigenvalue weighted by Gasteiger charge is 2.11. The molecule has 4 nitrogen and oxygen atoms in total. The van der Waals surface area contributed by atoms with E-state index in [1.165, 1.54) is 13.2 Å². The van der Waals surface area contributed by atoms with Gasteiger partial charge in [0.25, 0.3) is 0 Å². The molecule has 1 heterocycles. The molecule has 0 fully saturated rings. The molecule has 1 aromatic rings. The minimum Gasteiger partial charge on any atom is -0.466 e. The standard InChI is InChI=1S/C13H13F2NO3/c1-19-12(18)6-4-2-3-5-9-7-11(14)10(8-17)13(15)16-9/h4,6-8H,2-3,5H2,1H3/b6-4-. The van der Waals surface area contributed by atoms with E-state index in [0.29, 0.717) is 19.3 Å². The fourth-order valence-corrected chi connectivity index (χ4v) is 1.42. The lowest BCUT2D eigenvalue weighted by Gasteiger charge is -2.02. The summed E-state index contributed by atoms with van der Waals surface area (Å²) < 4.78 is 30.8. The van der Waals surface area contributed by atoms with Crippen LogP contribution in [0.1, 0.15) is 28.9 Å². The van der Waals surface area contributed by atoms with Crippen molar-refractivity contribution in [1.82, 2.24) is 4.98 Å². The summed E-state index contributed by atoms with van der Waals surface area (Å²) in [5.41, 5.74) is -0.429. The van der Waals surface area contributed by atoms with Gasteiger partial charge in [-0.25, -0.2) is 14.2 Å². The first-order valence-electron chi connectivity index (χ1n) is 5.63. The maximum Gasteiger partial charge on any atom is 0.330 e. The Bertz CT molecular complexity index is 478. The van der Waals surface area contributed by atoms with Gasteiger partial charge in [0.05, 0.1) is 7.11 Å². The second-order valence-electron chi connectivity index (χ2n) is 3.74. The van der Waals surface area contributed by atoms with Crippen molar-refractivity contribution in [2.24, 2.45) is 0 Å². The summed E-state index contributed by atoms with van der Waals surface area (Å²) in [7, 11) is 1.27. The van der Waals surface area contributed by atoms with Crippen LogP contribution in [-0.2, 0) is 16.0 Å². The van der Waals surface area contributed by atoms with Crippen LogP contribution in [0.4, 0.5) is 8.78 Å². The third-order valence-electron chi connectivity index (χ3n) is 2.39. The number of nitrogens with zero attached hydrogens (tertiary/aromatic N) is 1. The Kier molecular flexibility index (Phi) is 5.78. The number of rotatable bonds is 6. The normalized spacial score (nSPS) is 10.7. The van der Waals surface area contributed by atoms with E-state index in [-0.39, 0.29) is 12.0 Å². The van der Waals surface area contributed by atoms with Gasteiger partial charge in [-0.05, 0) is 25.3 Å². The van der Waals surface area contributed by atoms with Gasteiger partial charge in [-0.1, -0.05) is 6.08 Å². The molecule has 0 aromatic carbocycles. The third kappa shape index (κ3) is 4.57. The molecule has 6 heteroatoms. The quantitative estimate of drug-likeness (QED) is 0.261. The molecule has 0 amide bonds. The lowest BCUT2D eigenvalue weighted by molar-refractivity contribution is -0.134. The number of aromatic nitrogens is 1. The van der Waals surface area contributed by atoms with E-state index < -0.39 is 23.3 Å². The van der Waals surface area contributed by atoms with Crippen molar-refractivity contribution >= 4 is 12.3 Å². The molecule has 1 rings (SSSR count). The second-order valence-corrected chi connectivity index (χ2v) is 3.74. The highest BCUT2D eigenvalue weighted by molar-refractivity contribution is 5.81. The summed E-state index contributed by atoms with van der Waals surface area (Å²) in [4.78, 5) is 24.6. The molecule has 0 aliphatic heterocycles. The summed E-state index contributed by atoms with van der Waals surface area (Å²) in [6.45, 7) is 0. The Balaban J connectivity index is 2.53. The van der Waals surface area contributed by atoms with Gasteiger partial charge < -0.3 is 4.74 Å². The highest BCUT2D eigenvalue weighted by atomic mass is 19.1. The largest absolute Gasteiger partial charge is 0.466 e. The molecule has 0 atom stereocenters. The third-order valence-corrected chi connectivity index (χ3v) is 2.39. The van der Waals surface area contributed by atoms with Crippen LogP contribution >= 0.6 is 0 Å². The Morgan fingerprint density at radius 3 is 2.79 bits per heavy atom. The van der Waals surface area contributed by atoms with E-state index in [1.54, 1.807) is 6.08 Å². The van der Waals surface area contributed by atoms with E-state index in [1.807, 2.05) is 0 Å². The molecule has 0 bridgehead atoms. The van der Waals surface area contributed by atoms with E-state index in [0.717, 1.165) is 6.07 Å². The predicted octanol–water partition coefficient (Wildman–Crippen LogP) is 2.22. The van der Waals surface area contributed by atoms with Crippen LogP contribution < -0.4 is 0 Å². The maximum atomic E-state index is 13.3. The number of ether oxygens (including phenoxy) is 1. The van der Waals surface area contributed by atoms with Crippen LogP contribution in [0.2, 0.25) is 0 Å². The van der Waals surface area contributed by atoms with Gasteiger partial charge in [-0.2, -0.15) is 4.39 Å². The maximum absolute atomic E-state index is 13.3. The van der Waals surface area contributed by atoms with Crippen molar-refractivity contribution < 1.29 is 23.1 Å². The summed E-state index contributed by atoms with van der Waals surface area (Å²) in [6, 6.07) is 1.04. The number of esters is 1. The zero-order valence-corrected chi connectivity index (χ0v) is 10.4. The Morgan fingerprint density at radius 2 is 2.21 bits per heavy atom. The lowest BCUT2D eigenvalue weighted by Crippen LogP contribution is -2.02. The average molecular weight is 269 g/mol. The zero-order valence-electron chi connectivity index (χ0n) is 10.4. The van der Waals surface area contributed by atoms with Crippen LogP contribution in [-0.4, -0.2) is 24.3 Å². The number of halogens is 2. The Morgan fingerprint density at radius 1 is 1.47 bits per heavy atom. The first-order valence-corrected chi connectivity index (χ1v) is 5.63. The van der Waals surface area contributed by atoms with Gasteiger partial charge >= 0.3 is 5.97 Å². The van der Waals surface area contributed by atoms with Gasteiger partial charge in [-0.15, -0.1) is 0 Å². The summed E-state index contributed by atoms with van der Waals surface area (Å²) in [6.07, 6.45) is 4.46. The van der Waals surface area contributed by atoms with Crippen LogP contribution in [0.25, 0.3) is 0 Å². The number of carbonyl (C=O) groups is 2. The summed E-state index contributed by atoms with van der Waals surface area (Å²) >= 11 is 0. The molecule has 102 valence electrons. The van der Waals surface area contributed by atoms with Crippen molar-refractivity contribution in [3.05, 3.63) is 41.2 Å². The first kappa shape index (κ1) is 14.9. The van der Waals surface area contributed by atoms with E-state index in [2.05, 4.69) is 9.72 Å².